The van der Waals surface area contributed by atoms with Gasteiger partial charge in [0.25, 0.3) is 0 Å². The van der Waals surface area contributed by atoms with Gasteiger partial charge in [0.2, 0.25) is 11.8 Å². The minimum Gasteiger partial charge on any atom is -0.439 e. The van der Waals surface area contributed by atoms with Gasteiger partial charge < -0.3 is 10.1 Å². The van der Waals surface area contributed by atoms with E-state index in [9.17, 15) is 0 Å². The summed E-state index contributed by atoms with van der Waals surface area (Å²) < 4.78 is 5.89. The fraction of sp³-hybridized carbons (Fsp3) is 0.238. The maximum Gasteiger partial charge on any atom is 0.226 e. The van der Waals surface area contributed by atoms with Crippen molar-refractivity contribution in [3.05, 3.63) is 77.5 Å². The van der Waals surface area contributed by atoms with Crippen LogP contribution >= 0.6 is 0 Å². The summed E-state index contributed by atoms with van der Waals surface area (Å²) in [6, 6.07) is 20.2. The van der Waals surface area contributed by atoms with Crippen molar-refractivity contribution in [2.24, 2.45) is 0 Å². The fourth-order valence-electron chi connectivity index (χ4n) is 2.58. The molecule has 0 aliphatic heterocycles. The molecular weight excluding hydrogens is 310 g/mol. The van der Waals surface area contributed by atoms with Crippen LogP contribution in [0.1, 0.15) is 30.2 Å². The Morgan fingerprint density at radius 2 is 1.68 bits per heavy atom. The maximum absolute atomic E-state index is 5.89. The topological polar surface area (TPSA) is 47.0 Å². The lowest BCUT2D eigenvalue weighted by Crippen LogP contribution is -2.05. The molecule has 3 aromatic rings. The van der Waals surface area contributed by atoms with Crippen LogP contribution in [0.2, 0.25) is 0 Å². The molecule has 0 amide bonds. The van der Waals surface area contributed by atoms with E-state index >= 15 is 0 Å². The molecule has 2 aromatic carbocycles. The number of hydrogen-bond acceptors (Lipinski definition) is 4. The predicted molar refractivity (Wildman–Crippen MR) is 101 cm³/mol. The second-order valence-electron chi connectivity index (χ2n) is 6.01. The summed E-state index contributed by atoms with van der Waals surface area (Å²) in [7, 11) is 0. The largest absolute Gasteiger partial charge is 0.439 e. The first-order valence-corrected chi connectivity index (χ1v) is 8.63. The molecule has 1 heterocycles. The molecule has 1 aromatic heterocycles. The van der Waals surface area contributed by atoms with Gasteiger partial charge in [0, 0.05) is 18.3 Å². The Balaban J connectivity index is 1.68. The summed E-state index contributed by atoms with van der Waals surface area (Å²) in [5.74, 6) is 1.90. The number of benzene rings is 2. The van der Waals surface area contributed by atoms with Crippen LogP contribution in [0.5, 0.6) is 11.6 Å². The summed E-state index contributed by atoms with van der Waals surface area (Å²) >= 11 is 0. The quantitative estimate of drug-likeness (QED) is 0.650. The van der Waals surface area contributed by atoms with E-state index in [2.05, 4.69) is 46.5 Å². The molecule has 4 heteroatoms. The Morgan fingerprint density at radius 1 is 0.920 bits per heavy atom. The van der Waals surface area contributed by atoms with E-state index in [0.717, 1.165) is 24.3 Å². The molecular formula is C21H23N3O. The van der Waals surface area contributed by atoms with Gasteiger partial charge in [-0.15, -0.1) is 0 Å². The summed E-state index contributed by atoms with van der Waals surface area (Å²) in [4.78, 5) is 8.89. The third-order valence-electron chi connectivity index (χ3n) is 3.81. The van der Waals surface area contributed by atoms with Gasteiger partial charge in [0.05, 0.1) is 0 Å². The van der Waals surface area contributed by atoms with Crippen LogP contribution in [0.4, 0.5) is 5.95 Å². The van der Waals surface area contributed by atoms with Gasteiger partial charge in [-0.05, 0) is 36.6 Å². The Morgan fingerprint density at radius 3 is 2.40 bits per heavy atom. The van der Waals surface area contributed by atoms with Crippen LogP contribution in [0, 0.1) is 6.92 Å². The van der Waals surface area contributed by atoms with Gasteiger partial charge in [-0.2, -0.15) is 4.98 Å². The van der Waals surface area contributed by atoms with Gasteiger partial charge in [0.15, 0.2) is 0 Å². The molecule has 1 N–H and O–H groups in total. The van der Waals surface area contributed by atoms with Crippen molar-refractivity contribution in [2.75, 3.05) is 5.32 Å². The van der Waals surface area contributed by atoms with Crippen LogP contribution in [0.15, 0.2) is 60.7 Å². The van der Waals surface area contributed by atoms with E-state index < -0.39 is 0 Å². The molecule has 3 rings (SSSR count). The second kappa shape index (κ2) is 8.29. The van der Waals surface area contributed by atoms with Crippen molar-refractivity contribution in [2.45, 2.75) is 33.2 Å². The van der Waals surface area contributed by atoms with Crippen molar-refractivity contribution in [3.8, 4) is 11.6 Å². The molecule has 0 bridgehead atoms. The molecule has 0 spiro atoms. The zero-order valence-electron chi connectivity index (χ0n) is 14.7. The zero-order chi connectivity index (χ0) is 17.5. The number of anilines is 1. The predicted octanol–water partition coefficient (Wildman–Crippen LogP) is 5.14. The monoisotopic (exact) mass is 333 g/mol. The normalized spacial score (nSPS) is 10.5. The number of nitrogens with zero attached hydrogens (tertiary/aromatic N) is 2. The summed E-state index contributed by atoms with van der Waals surface area (Å²) in [5.41, 5.74) is 3.36. The smallest absolute Gasteiger partial charge is 0.226 e. The Kier molecular flexibility index (Phi) is 5.62. The standard InChI is InChI=1S/C21H23N3O/c1-3-7-17-10-12-19(13-11-17)25-20-14-16(2)23-21(24-20)22-15-18-8-5-4-6-9-18/h4-6,8-14H,3,7,15H2,1-2H3,(H,22,23,24). The molecule has 0 unspecified atom stereocenters. The highest BCUT2D eigenvalue weighted by molar-refractivity contribution is 5.35. The second-order valence-corrected chi connectivity index (χ2v) is 6.01. The van der Waals surface area contributed by atoms with E-state index in [1.807, 2.05) is 43.3 Å². The lowest BCUT2D eigenvalue weighted by molar-refractivity contribution is 0.461. The highest BCUT2D eigenvalue weighted by Gasteiger charge is 2.05. The van der Waals surface area contributed by atoms with Crippen LogP contribution in [0.3, 0.4) is 0 Å². The molecule has 0 aliphatic carbocycles. The number of aromatic nitrogens is 2. The average Bonchev–Trinajstić information content (AvgIpc) is 2.62. The molecule has 0 aliphatic rings. The van der Waals surface area contributed by atoms with Crippen molar-refractivity contribution in [1.82, 2.24) is 9.97 Å². The first-order valence-electron chi connectivity index (χ1n) is 8.63. The van der Waals surface area contributed by atoms with E-state index in [1.165, 1.54) is 11.1 Å². The Bertz CT molecular complexity index is 801. The summed E-state index contributed by atoms with van der Waals surface area (Å²) in [6.45, 7) is 4.79. The average molecular weight is 333 g/mol. The van der Waals surface area contributed by atoms with E-state index in [4.69, 9.17) is 4.74 Å². The minimum atomic E-state index is 0.548. The third-order valence-corrected chi connectivity index (χ3v) is 3.81. The van der Waals surface area contributed by atoms with Crippen molar-refractivity contribution in [3.63, 3.8) is 0 Å². The maximum atomic E-state index is 5.89. The molecule has 128 valence electrons. The highest BCUT2D eigenvalue weighted by Crippen LogP contribution is 2.22. The molecule has 0 fully saturated rings. The highest BCUT2D eigenvalue weighted by atomic mass is 16.5. The summed E-state index contributed by atoms with van der Waals surface area (Å²) in [5, 5.41) is 3.25. The number of aryl methyl sites for hydroxylation is 2. The molecule has 0 radical (unpaired) electrons. The van der Waals surface area contributed by atoms with Gasteiger partial charge in [0.1, 0.15) is 5.75 Å². The third kappa shape index (κ3) is 5.05. The van der Waals surface area contributed by atoms with E-state index in [1.54, 1.807) is 0 Å². The van der Waals surface area contributed by atoms with E-state index in [0.29, 0.717) is 18.4 Å². The van der Waals surface area contributed by atoms with Gasteiger partial charge in [-0.1, -0.05) is 55.8 Å². The van der Waals surface area contributed by atoms with Crippen molar-refractivity contribution >= 4 is 5.95 Å². The SMILES string of the molecule is CCCc1ccc(Oc2cc(C)nc(NCc3ccccc3)n2)cc1. The first kappa shape index (κ1) is 17.0. The molecule has 0 saturated carbocycles. The lowest BCUT2D eigenvalue weighted by atomic mass is 10.1. The van der Waals surface area contributed by atoms with Crippen LogP contribution < -0.4 is 10.1 Å². The lowest BCUT2D eigenvalue weighted by Gasteiger charge is -2.10. The number of nitrogens with one attached hydrogen (secondary N) is 1. The van der Waals surface area contributed by atoms with Crippen LogP contribution in [-0.2, 0) is 13.0 Å². The molecule has 4 nitrogen and oxygen atoms in total. The number of rotatable bonds is 7. The summed E-state index contributed by atoms with van der Waals surface area (Å²) in [6.07, 6.45) is 2.22. The molecule has 25 heavy (non-hydrogen) atoms. The number of ether oxygens (including phenoxy) is 1. The zero-order valence-corrected chi connectivity index (χ0v) is 14.7. The molecule has 0 atom stereocenters. The Hall–Kier alpha value is -2.88. The Labute approximate surface area is 148 Å². The van der Waals surface area contributed by atoms with Gasteiger partial charge >= 0.3 is 0 Å². The minimum absolute atomic E-state index is 0.548. The van der Waals surface area contributed by atoms with Crippen molar-refractivity contribution < 1.29 is 4.74 Å². The van der Waals surface area contributed by atoms with Crippen LogP contribution in [-0.4, -0.2) is 9.97 Å². The van der Waals surface area contributed by atoms with Gasteiger partial charge in [-0.25, -0.2) is 4.98 Å². The van der Waals surface area contributed by atoms with Crippen molar-refractivity contribution in [1.29, 1.82) is 0 Å². The van der Waals surface area contributed by atoms with E-state index in [-0.39, 0.29) is 0 Å². The number of hydrogen-bond donors (Lipinski definition) is 1. The van der Waals surface area contributed by atoms with Gasteiger partial charge in [-0.3, -0.25) is 0 Å². The molecule has 0 saturated heterocycles. The van der Waals surface area contributed by atoms with Crippen LogP contribution in [0.25, 0.3) is 0 Å². The first-order chi connectivity index (χ1) is 12.2. The fourth-order valence-corrected chi connectivity index (χ4v) is 2.58.